The van der Waals surface area contributed by atoms with Crippen LogP contribution < -0.4 is 5.32 Å². The molecule has 0 aliphatic carbocycles. The van der Waals surface area contributed by atoms with Crippen molar-refractivity contribution in [3.05, 3.63) is 77.4 Å². The van der Waals surface area contributed by atoms with Crippen LogP contribution in [0.5, 0.6) is 0 Å². The number of aliphatic carboxylic acids is 1. The van der Waals surface area contributed by atoms with Crippen LogP contribution >= 0.6 is 0 Å². The van der Waals surface area contributed by atoms with E-state index in [4.69, 9.17) is 0 Å². The van der Waals surface area contributed by atoms with E-state index in [-0.39, 0.29) is 18.7 Å². The zero-order valence-corrected chi connectivity index (χ0v) is 15.7. The number of rotatable bonds is 8. The van der Waals surface area contributed by atoms with Crippen molar-refractivity contribution in [2.45, 2.75) is 31.8 Å². The van der Waals surface area contributed by atoms with Gasteiger partial charge in [0.2, 0.25) is 5.91 Å². The van der Waals surface area contributed by atoms with Crippen molar-refractivity contribution in [2.75, 3.05) is 0 Å². The van der Waals surface area contributed by atoms with Crippen LogP contribution in [-0.4, -0.2) is 43.2 Å². The lowest BCUT2D eigenvalue weighted by molar-refractivity contribution is -0.142. The van der Waals surface area contributed by atoms with Gasteiger partial charge >= 0.3 is 5.97 Å². The van der Waals surface area contributed by atoms with Crippen molar-refractivity contribution in [2.24, 2.45) is 0 Å². The summed E-state index contributed by atoms with van der Waals surface area (Å²) in [6.45, 7) is 1.64. The molecule has 3 rings (SSSR count). The molecule has 9 heteroatoms. The van der Waals surface area contributed by atoms with Gasteiger partial charge in [-0.2, -0.15) is 0 Å². The molecule has 2 atom stereocenters. The first-order chi connectivity index (χ1) is 13.9. The Morgan fingerprint density at radius 1 is 1.07 bits per heavy atom. The molecule has 0 radical (unpaired) electrons. The first-order valence-electron chi connectivity index (χ1n) is 9.00. The number of carbonyl (C=O) groups is 2. The van der Waals surface area contributed by atoms with Gasteiger partial charge in [-0.25, -0.2) is 13.9 Å². The van der Waals surface area contributed by atoms with Gasteiger partial charge in [-0.3, -0.25) is 4.79 Å². The van der Waals surface area contributed by atoms with Gasteiger partial charge in [0.1, 0.15) is 23.7 Å². The zero-order chi connectivity index (χ0) is 20.8. The third-order valence-corrected chi connectivity index (χ3v) is 4.49. The molecule has 2 aromatic carbocycles. The number of aromatic nitrogens is 4. The van der Waals surface area contributed by atoms with E-state index in [0.717, 1.165) is 5.56 Å². The van der Waals surface area contributed by atoms with Gasteiger partial charge in [0, 0.05) is 12.8 Å². The topological polar surface area (TPSA) is 110 Å². The Labute approximate surface area is 166 Å². The summed E-state index contributed by atoms with van der Waals surface area (Å²) in [5.41, 5.74) is 1.48. The fourth-order valence-electron chi connectivity index (χ4n) is 2.98. The van der Waals surface area contributed by atoms with E-state index < -0.39 is 24.0 Å². The van der Waals surface area contributed by atoms with Crippen molar-refractivity contribution >= 4 is 11.9 Å². The van der Waals surface area contributed by atoms with E-state index in [0.29, 0.717) is 11.4 Å². The molecular weight excluding hydrogens is 377 g/mol. The van der Waals surface area contributed by atoms with Gasteiger partial charge in [-0.1, -0.05) is 42.5 Å². The van der Waals surface area contributed by atoms with Crippen LogP contribution in [0, 0.1) is 12.7 Å². The SMILES string of the molecule is Cc1nnnn1C(Cc1ccc(F)cc1)C(=O)NC(Cc1ccccc1)C(=O)O. The van der Waals surface area contributed by atoms with E-state index in [1.54, 1.807) is 43.3 Å². The molecule has 150 valence electrons. The van der Waals surface area contributed by atoms with Crippen LogP contribution in [0.1, 0.15) is 23.0 Å². The van der Waals surface area contributed by atoms with Crippen LogP contribution in [0.15, 0.2) is 54.6 Å². The molecule has 0 aliphatic heterocycles. The molecule has 2 unspecified atom stereocenters. The lowest BCUT2D eigenvalue weighted by Crippen LogP contribution is -2.46. The predicted octanol–water partition coefficient (Wildman–Crippen LogP) is 1.72. The normalized spacial score (nSPS) is 12.9. The van der Waals surface area contributed by atoms with Crippen molar-refractivity contribution in [1.82, 2.24) is 25.5 Å². The number of hydrogen-bond acceptors (Lipinski definition) is 5. The number of nitrogens with one attached hydrogen (secondary N) is 1. The third kappa shape index (κ3) is 5.22. The van der Waals surface area contributed by atoms with E-state index >= 15 is 0 Å². The number of hydrogen-bond donors (Lipinski definition) is 2. The minimum Gasteiger partial charge on any atom is -0.480 e. The first-order valence-corrected chi connectivity index (χ1v) is 9.00. The minimum atomic E-state index is -1.14. The van der Waals surface area contributed by atoms with Crippen molar-refractivity contribution in [3.8, 4) is 0 Å². The van der Waals surface area contributed by atoms with Gasteiger partial charge in [0.25, 0.3) is 0 Å². The second-order valence-electron chi connectivity index (χ2n) is 6.61. The molecule has 0 saturated heterocycles. The summed E-state index contributed by atoms with van der Waals surface area (Å²) >= 11 is 0. The number of nitrogens with zero attached hydrogens (tertiary/aromatic N) is 4. The van der Waals surface area contributed by atoms with Crippen LogP contribution in [0.2, 0.25) is 0 Å². The molecule has 8 nitrogen and oxygen atoms in total. The highest BCUT2D eigenvalue weighted by molar-refractivity contribution is 5.86. The standard InChI is InChI=1S/C20H20FN5O3/c1-13-23-24-25-26(13)18(12-15-7-9-16(21)10-8-15)19(27)22-17(20(28)29)11-14-5-3-2-4-6-14/h2-10,17-18H,11-12H2,1H3,(H,22,27)(H,28,29). The second kappa shape index (κ2) is 9.05. The molecule has 0 saturated carbocycles. The van der Waals surface area contributed by atoms with Crippen LogP contribution in [0.4, 0.5) is 4.39 Å². The average Bonchev–Trinajstić information content (AvgIpc) is 3.13. The second-order valence-corrected chi connectivity index (χ2v) is 6.61. The molecule has 29 heavy (non-hydrogen) atoms. The van der Waals surface area contributed by atoms with E-state index in [1.807, 2.05) is 6.07 Å². The number of carbonyl (C=O) groups excluding carboxylic acids is 1. The maximum absolute atomic E-state index is 13.2. The molecular formula is C20H20FN5O3. The molecule has 0 spiro atoms. The minimum absolute atomic E-state index is 0.139. The Kier molecular flexibility index (Phi) is 6.28. The summed E-state index contributed by atoms with van der Waals surface area (Å²) in [6.07, 6.45) is 0.315. The van der Waals surface area contributed by atoms with E-state index in [2.05, 4.69) is 20.8 Å². The molecule has 2 N–H and O–H groups in total. The third-order valence-electron chi connectivity index (χ3n) is 4.49. The summed E-state index contributed by atoms with van der Waals surface area (Å²) in [7, 11) is 0. The fourth-order valence-corrected chi connectivity index (χ4v) is 2.98. The van der Waals surface area contributed by atoms with Gasteiger partial charge in [0.15, 0.2) is 0 Å². The molecule has 1 aromatic heterocycles. The zero-order valence-electron chi connectivity index (χ0n) is 15.7. The van der Waals surface area contributed by atoms with E-state index in [9.17, 15) is 19.1 Å². The number of aryl methyl sites for hydroxylation is 1. The summed E-state index contributed by atoms with van der Waals surface area (Å²) in [5.74, 6) is -1.66. The summed E-state index contributed by atoms with van der Waals surface area (Å²) in [6, 6.07) is 12.8. The maximum Gasteiger partial charge on any atom is 0.326 e. The lowest BCUT2D eigenvalue weighted by Gasteiger charge is -2.21. The molecule has 3 aromatic rings. The molecule has 0 fully saturated rings. The number of halogens is 1. The number of tetrazole rings is 1. The summed E-state index contributed by atoms with van der Waals surface area (Å²) in [5, 5.41) is 23.4. The summed E-state index contributed by atoms with van der Waals surface area (Å²) < 4.78 is 14.5. The predicted molar refractivity (Wildman–Crippen MR) is 101 cm³/mol. The van der Waals surface area contributed by atoms with Gasteiger partial charge in [-0.15, -0.1) is 5.10 Å². The van der Waals surface area contributed by atoms with E-state index in [1.165, 1.54) is 16.8 Å². The molecule has 1 amide bonds. The number of carboxylic acids is 1. The fraction of sp³-hybridized carbons (Fsp3) is 0.250. The maximum atomic E-state index is 13.2. The van der Waals surface area contributed by atoms with Gasteiger partial charge in [0.05, 0.1) is 0 Å². The Balaban J connectivity index is 1.82. The summed E-state index contributed by atoms with van der Waals surface area (Å²) in [4.78, 5) is 24.7. The largest absolute Gasteiger partial charge is 0.480 e. The first kappa shape index (κ1) is 20.1. The Hall–Kier alpha value is -3.62. The Morgan fingerprint density at radius 2 is 1.72 bits per heavy atom. The van der Waals surface area contributed by atoms with Crippen LogP contribution in [0.3, 0.4) is 0 Å². The Bertz CT molecular complexity index is 975. The highest BCUT2D eigenvalue weighted by Crippen LogP contribution is 2.16. The number of amides is 1. The molecule has 0 bridgehead atoms. The van der Waals surface area contributed by atoms with Crippen molar-refractivity contribution in [1.29, 1.82) is 0 Å². The lowest BCUT2D eigenvalue weighted by atomic mass is 10.0. The number of carboxylic acid groups (broad SMARTS) is 1. The highest BCUT2D eigenvalue weighted by Gasteiger charge is 2.29. The van der Waals surface area contributed by atoms with Crippen LogP contribution in [0.25, 0.3) is 0 Å². The molecule has 0 aliphatic rings. The molecule has 1 heterocycles. The Morgan fingerprint density at radius 3 is 2.31 bits per heavy atom. The average molecular weight is 397 g/mol. The van der Waals surface area contributed by atoms with Gasteiger partial charge < -0.3 is 10.4 Å². The highest BCUT2D eigenvalue weighted by atomic mass is 19.1. The van der Waals surface area contributed by atoms with Gasteiger partial charge in [-0.05, 0) is 40.6 Å². The van der Waals surface area contributed by atoms with Crippen LogP contribution in [-0.2, 0) is 22.4 Å². The van der Waals surface area contributed by atoms with Crippen molar-refractivity contribution < 1.29 is 19.1 Å². The smallest absolute Gasteiger partial charge is 0.326 e. The number of benzene rings is 2. The van der Waals surface area contributed by atoms with Crippen molar-refractivity contribution in [3.63, 3.8) is 0 Å². The monoisotopic (exact) mass is 397 g/mol. The quantitative estimate of drug-likeness (QED) is 0.599.